The normalized spacial score (nSPS) is 15.0. The van der Waals surface area contributed by atoms with Gasteiger partial charge in [-0.15, -0.1) is 0 Å². The highest BCUT2D eigenvalue weighted by Gasteiger charge is 2.29. The first-order valence-electron chi connectivity index (χ1n) is 10.4. The second-order valence-electron chi connectivity index (χ2n) is 7.46. The van der Waals surface area contributed by atoms with Gasteiger partial charge in [-0.1, -0.05) is 0 Å². The topological polar surface area (TPSA) is 150 Å². The SMILES string of the molecule is COc1cc(OC)c(OC)cc1/C=C1\Oc2cc(OCC(=O)N[C@H](C(=O)O)C(C)O)ccc2C1=O. The summed E-state index contributed by atoms with van der Waals surface area (Å²) in [6.45, 7) is 0.742. The number of methoxy groups -OCH3 is 3. The Morgan fingerprint density at radius 2 is 1.71 bits per heavy atom. The van der Waals surface area contributed by atoms with E-state index in [1.54, 1.807) is 12.1 Å². The number of aliphatic carboxylic acids is 1. The van der Waals surface area contributed by atoms with Crippen molar-refractivity contribution in [3.05, 3.63) is 47.2 Å². The summed E-state index contributed by atoms with van der Waals surface area (Å²) < 4.78 is 27.1. The summed E-state index contributed by atoms with van der Waals surface area (Å²) in [6, 6.07) is 6.23. The van der Waals surface area contributed by atoms with Gasteiger partial charge in [0.2, 0.25) is 5.78 Å². The van der Waals surface area contributed by atoms with Crippen molar-refractivity contribution >= 4 is 23.7 Å². The molecule has 0 bridgehead atoms. The molecule has 1 unspecified atom stereocenters. The maximum Gasteiger partial charge on any atom is 0.328 e. The Bertz CT molecular complexity index is 1170. The number of nitrogens with one attached hydrogen (secondary N) is 1. The van der Waals surface area contributed by atoms with Crippen molar-refractivity contribution in [2.45, 2.75) is 19.1 Å². The fourth-order valence-corrected chi connectivity index (χ4v) is 3.32. The largest absolute Gasteiger partial charge is 0.496 e. The van der Waals surface area contributed by atoms with Crippen molar-refractivity contribution < 1.29 is 48.3 Å². The molecule has 11 nitrogen and oxygen atoms in total. The Labute approximate surface area is 200 Å². The molecular formula is C24H25NO10. The second kappa shape index (κ2) is 10.8. The highest BCUT2D eigenvalue weighted by molar-refractivity contribution is 6.14. The Kier molecular flexibility index (Phi) is 7.82. The summed E-state index contributed by atoms with van der Waals surface area (Å²) in [5.74, 6) is -0.634. The molecule has 3 rings (SSSR count). The number of hydrogen-bond donors (Lipinski definition) is 3. The third kappa shape index (κ3) is 5.64. The molecule has 2 aromatic rings. The predicted octanol–water partition coefficient (Wildman–Crippen LogP) is 1.66. The van der Waals surface area contributed by atoms with Crippen LogP contribution in [0, 0.1) is 0 Å². The molecule has 0 radical (unpaired) electrons. The standard InChI is InChI=1S/C24H25NO10/c1-12(26)22(24(29)30)25-21(27)11-34-14-5-6-15-17(9-14)35-20(23(15)28)8-13-7-18(32-3)19(33-4)10-16(13)31-2/h5-10,12,22,26H,11H2,1-4H3,(H,25,27)(H,29,30)/b20-8-/t12?,22-/m0/s1. The van der Waals surface area contributed by atoms with E-state index in [0.717, 1.165) is 0 Å². The van der Waals surface area contributed by atoms with Crippen LogP contribution in [0.15, 0.2) is 36.1 Å². The van der Waals surface area contributed by atoms with Crippen molar-refractivity contribution in [1.29, 1.82) is 0 Å². The maximum atomic E-state index is 12.8. The van der Waals surface area contributed by atoms with Crippen molar-refractivity contribution in [1.82, 2.24) is 5.32 Å². The van der Waals surface area contributed by atoms with Gasteiger partial charge >= 0.3 is 5.97 Å². The summed E-state index contributed by atoms with van der Waals surface area (Å²) in [4.78, 5) is 35.9. The van der Waals surface area contributed by atoms with E-state index in [9.17, 15) is 19.5 Å². The molecule has 1 amide bonds. The van der Waals surface area contributed by atoms with Gasteiger partial charge in [0, 0.05) is 17.7 Å². The number of Topliss-reactive ketones (excluding diaryl/α,β-unsaturated/α-hetero) is 1. The Hall–Kier alpha value is -4.25. The zero-order valence-electron chi connectivity index (χ0n) is 19.5. The first kappa shape index (κ1) is 25.4. The van der Waals surface area contributed by atoms with E-state index in [-0.39, 0.29) is 23.0 Å². The molecule has 0 saturated heterocycles. The van der Waals surface area contributed by atoms with Crippen LogP contribution in [0.25, 0.3) is 6.08 Å². The van der Waals surface area contributed by atoms with Gasteiger partial charge in [-0.3, -0.25) is 9.59 Å². The van der Waals surface area contributed by atoms with E-state index in [0.29, 0.717) is 28.4 Å². The molecule has 2 aromatic carbocycles. The summed E-state index contributed by atoms with van der Waals surface area (Å²) in [5.41, 5.74) is 0.827. The molecule has 1 aliphatic heterocycles. The van der Waals surface area contributed by atoms with Crippen LogP contribution in [0.5, 0.6) is 28.7 Å². The number of hydrogen-bond acceptors (Lipinski definition) is 9. The molecular weight excluding hydrogens is 462 g/mol. The van der Waals surface area contributed by atoms with E-state index in [2.05, 4.69) is 5.32 Å². The van der Waals surface area contributed by atoms with Gasteiger partial charge in [-0.25, -0.2) is 4.79 Å². The van der Waals surface area contributed by atoms with Crippen LogP contribution in [0.2, 0.25) is 0 Å². The number of carboxylic acids is 1. The minimum atomic E-state index is -1.46. The van der Waals surface area contributed by atoms with Gasteiger partial charge < -0.3 is 39.2 Å². The number of ether oxygens (including phenoxy) is 5. The van der Waals surface area contributed by atoms with Gasteiger partial charge in [0.1, 0.15) is 17.2 Å². The number of aliphatic hydroxyl groups is 1. The zero-order chi connectivity index (χ0) is 25.7. The van der Waals surface area contributed by atoms with Gasteiger partial charge in [0.05, 0.1) is 33.0 Å². The Balaban J connectivity index is 1.75. The molecule has 11 heteroatoms. The van der Waals surface area contributed by atoms with Gasteiger partial charge in [0.25, 0.3) is 5.91 Å². The first-order chi connectivity index (χ1) is 16.7. The quantitative estimate of drug-likeness (QED) is 0.422. The lowest BCUT2D eigenvalue weighted by Crippen LogP contribution is -2.49. The van der Waals surface area contributed by atoms with E-state index < -0.39 is 30.6 Å². The van der Waals surface area contributed by atoms with Crippen LogP contribution < -0.4 is 29.0 Å². The van der Waals surface area contributed by atoms with Crippen LogP contribution in [0.3, 0.4) is 0 Å². The number of rotatable bonds is 10. The van der Waals surface area contributed by atoms with E-state index in [1.807, 2.05) is 0 Å². The second-order valence-corrected chi connectivity index (χ2v) is 7.46. The lowest BCUT2D eigenvalue weighted by molar-refractivity contribution is -0.145. The van der Waals surface area contributed by atoms with Crippen LogP contribution in [0.1, 0.15) is 22.8 Å². The number of fused-ring (bicyclic) bond motifs is 1. The maximum absolute atomic E-state index is 12.8. The fourth-order valence-electron chi connectivity index (χ4n) is 3.32. The van der Waals surface area contributed by atoms with E-state index >= 15 is 0 Å². The lowest BCUT2D eigenvalue weighted by Gasteiger charge is -2.17. The Morgan fingerprint density at radius 3 is 2.31 bits per heavy atom. The smallest absolute Gasteiger partial charge is 0.328 e. The minimum Gasteiger partial charge on any atom is -0.496 e. The zero-order valence-corrected chi connectivity index (χ0v) is 19.5. The minimum absolute atomic E-state index is 0.0432. The van der Waals surface area contributed by atoms with Crippen LogP contribution in [0.4, 0.5) is 0 Å². The van der Waals surface area contributed by atoms with Crippen LogP contribution >= 0.6 is 0 Å². The molecule has 0 aromatic heterocycles. The van der Waals surface area contributed by atoms with Crippen molar-refractivity contribution in [3.8, 4) is 28.7 Å². The van der Waals surface area contributed by atoms with Crippen molar-refractivity contribution in [2.75, 3.05) is 27.9 Å². The molecule has 1 heterocycles. The molecule has 35 heavy (non-hydrogen) atoms. The molecule has 0 fully saturated rings. The average molecular weight is 487 g/mol. The summed E-state index contributed by atoms with van der Waals surface area (Å²) >= 11 is 0. The number of aliphatic hydroxyl groups excluding tert-OH is 1. The van der Waals surface area contributed by atoms with Crippen molar-refractivity contribution in [3.63, 3.8) is 0 Å². The highest BCUT2D eigenvalue weighted by Crippen LogP contribution is 2.39. The number of carboxylic acid groups (broad SMARTS) is 1. The molecule has 0 saturated carbocycles. The fraction of sp³-hybridized carbons (Fsp3) is 0.292. The van der Waals surface area contributed by atoms with Gasteiger partial charge in [-0.05, 0) is 31.2 Å². The number of amides is 1. The summed E-state index contributed by atoms with van der Waals surface area (Å²) in [7, 11) is 4.47. The number of ketones is 1. The number of benzene rings is 2. The molecule has 2 atom stereocenters. The number of allylic oxidation sites excluding steroid dienone is 1. The van der Waals surface area contributed by atoms with Gasteiger partial charge in [0.15, 0.2) is 29.9 Å². The molecule has 186 valence electrons. The van der Waals surface area contributed by atoms with Crippen LogP contribution in [-0.4, -0.2) is 68.0 Å². The summed E-state index contributed by atoms with van der Waals surface area (Å²) in [5, 5.41) is 20.7. The highest BCUT2D eigenvalue weighted by atomic mass is 16.5. The summed E-state index contributed by atoms with van der Waals surface area (Å²) in [6.07, 6.45) is 0.226. The number of carbonyl (C=O) groups excluding carboxylic acids is 2. The molecule has 0 spiro atoms. The monoisotopic (exact) mass is 487 g/mol. The van der Waals surface area contributed by atoms with Crippen molar-refractivity contribution in [2.24, 2.45) is 0 Å². The van der Waals surface area contributed by atoms with Crippen LogP contribution in [-0.2, 0) is 9.59 Å². The van der Waals surface area contributed by atoms with E-state index in [1.165, 1.54) is 52.5 Å². The number of carbonyl (C=O) groups is 3. The Morgan fingerprint density at radius 1 is 1.06 bits per heavy atom. The third-order valence-electron chi connectivity index (χ3n) is 5.10. The molecule has 0 aliphatic carbocycles. The van der Waals surface area contributed by atoms with Gasteiger partial charge in [-0.2, -0.15) is 0 Å². The predicted molar refractivity (Wildman–Crippen MR) is 122 cm³/mol. The first-order valence-corrected chi connectivity index (χ1v) is 10.4. The molecule has 3 N–H and O–H groups in total. The molecule has 1 aliphatic rings. The third-order valence-corrected chi connectivity index (χ3v) is 5.10. The average Bonchev–Trinajstić information content (AvgIpc) is 3.14. The van der Waals surface area contributed by atoms with E-state index in [4.69, 9.17) is 28.8 Å². The lowest BCUT2D eigenvalue weighted by atomic mass is 10.1.